The van der Waals surface area contributed by atoms with E-state index >= 15 is 0 Å². The predicted octanol–water partition coefficient (Wildman–Crippen LogP) is 12.6. The van der Waals surface area contributed by atoms with Crippen molar-refractivity contribution in [1.29, 1.82) is 0 Å². The first kappa shape index (κ1) is 51.1. The number of carbonyl (C=O) groups is 3. The maximum absolute atomic E-state index is 12.8. The van der Waals surface area contributed by atoms with Crippen LogP contribution in [-0.2, 0) is 19.1 Å². The second-order valence-corrected chi connectivity index (χ2v) is 14.7. The molecule has 0 rings (SSSR count). The molecule has 54 heavy (non-hydrogen) atoms. The quantitative estimate of drug-likeness (QED) is 0.0327. The second-order valence-electron chi connectivity index (χ2n) is 14.7. The van der Waals surface area contributed by atoms with Crippen molar-refractivity contribution in [2.24, 2.45) is 5.73 Å². The minimum Gasteiger partial charge on any atom is -0.480 e. The molecule has 0 bridgehead atoms. The summed E-state index contributed by atoms with van der Waals surface area (Å²) in [6.07, 6.45) is 51.2. The first-order valence-corrected chi connectivity index (χ1v) is 22.1. The maximum Gasteiger partial charge on any atom is 0.326 e. The van der Waals surface area contributed by atoms with E-state index in [1.807, 2.05) is 0 Å². The van der Waals surface area contributed by atoms with Crippen molar-refractivity contribution >= 4 is 17.8 Å². The van der Waals surface area contributed by atoms with Gasteiger partial charge in [0.25, 0.3) is 0 Å². The van der Waals surface area contributed by atoms with Gasteiger partial charge in [0.15, 0.2) is 0 Å². The Bertz CT molecular complexity index is 1030. The first-order valence-electron chi connectivity index (χ1n) is 22.1. The van der Waals surface area contributed by atoms with E-state index in [1.54, 1.807) is 0 Å². The van der Waals surface area contributed by atoms with E-state index < -0.39 is 12.0 Å². The molecular weight excluding hydrogens is 673 g/mol. The molecule has 2 atom stereocenters. The number of rotatable bonds is 39. The number of aliphatic carboxylic acids is 1. The molecule has 0 aromatic rings. The third-order valence-electron chi connectivity index (χ3n) is 9.60. The van der Waals surface area contributed by atoms with Gasteiger partial charge in [0, 0.05) is 12.8 Å². The van der Waals surface area contributed by atoms with E-state index in [1.165, 1.54) is 51.4 Å². The predicted molar refractivity (Wildman–Crippen MR) is 229 cm³/mol. The number of hydrogen-bond donors (Lipinski definition) is 3. The van der Waals surface area contributed by atoms with E-state index in [9.17, 15) is 19.5 Å². The number of unbranched alkanes of at least 4 members (excludes halogenated alkanes) is 15. The Hall–Kier alpha value is -2.93. The summed E-state index contributed by atoms with van der Waals surface area (Å²) in [7, 11) is 0. The van der Waals surface area contributed by atoms with Gasteiger partial charge in [-0.05, 0) is 103 Å². The van der Waals surface area contributed by atoms with E-state index in [2.05, 4.69) is 79.9 Å². The van der Waals surface area contributed by atoms with Crippen LogP contribution in [0.25, 0.3) is 0 Å². The molecule has 310 valence electrons. The molecule has 2 unspecified atom stereocenters. The third-order valence-corrected chi connectivity index (χ3v) is 9.60. The number of ether oxygens (including phenoxy) is 1. The number of nitrogens with one attached hydrogen (secondary N) is 1. The van der Waals surface area contributed by atoms with Gasteiger partial charge in [-0.2, -0.15) is 0 Å². The monoisotopic (exact) mass is 755 g/mol. The van der Waals surface area contributed by atoms with E-state index in [4.69, 9.17) is 10.5 Å². The van der Waals surface area contributed by atoms with Crippen molar-refractivity contribution < 1.29 is 24.2 Å². The summed E-state index contributed by atoms with van der Waals surface area (Å²) in [6, 6.07) is -0.860. The second kappa shape index (κ2) is 41.2. The lowest BCUT2D eigenvalue weighted by atomic mass is 10.0. The van der Waals surface area contributed by atoms with Gasteiger partial charge < -0.3 is 20.9 Å². The van der Waals surface area contributed by atoms with Gasteiger partial charge in [0.1, 0.15) is 12.1 Å². The molecule has 0 aliphatic rings. The minimum atomic E-state index is -1.01. The molecule has 0 aliphatic carbocycles. The van der Waals surface area contributed by atoms with Crippen molar-refractivity contribution in [3.63, 3.8) is 0 Å². The molecule has 0 aromatic carbocycles. The highest BCUT2D eigenvalue weighted by Gasteiger charge is 2.19. The Labute approximate surface area is 331 Å². The Morgan fingerprint density at radius 2 is 1.02 bits per heavy atom. The zero-order valence-electron chi connectivity index (χ0n) is 34.8. The van der Waals surface area contributed by atoms with Crippen LogP contribution in [0.5, 0.6) is 0 Å². The summed E-state index contributed by atoms with van der Waals surface area (Å²) in [5.74, 6) is -1.27. The van der Waals surface area contributed by atoms with Gasteiger partial charge in [-0.15, -0.1) is 0 Å². The number of allylic oxidation sites excluding steroid dienone is 10. The number of carboxylic acid groups (broad SMARTS) is 1. The Kier molecular flexibility index (Phi) is 39.0. The topological polar surface area (TPSA) is 119 Å². The van der Waals surface area contributed by atoms with Crippen molar-refractivity contribution in [3.05, 3.63) is 60.8 Å². The van der Waals surface area contributed by atoms with E-state index in [0.29, 0.717) is 32.2 Å². The summed E-state index contributed by atoms with van der Waals surface area (Å²) >= 11 is 0. The summed E-state index contributed by atoms with van der Waals surface area (Å²) < 4.78 is 6.02. The van der Waals surface area contributed by atoms with Gasteiger partial charge in [-0.3, -0.25) is 9.59 Å². The van der Waals surface area contributed by atoms with Crippen LogP contribution in [0.4, 0.5) is 0 Å². The lowest BCUT2D eigenvalue weighted by Gasteiger charge is -2.18. The molecule has 0 saturated carbocycles. The van der Waals surface area contributed by atoms with Crippen LogP contribution in [-0.4, -0.2) is 41.6 Å². The number of esters is 1. The van der Waals surface area contributed by atoms with Crippen LogP contribution in [0.2, 0.25) is 0 Å². The highest BCUT2D eigenvalue weighted by Crippen LogP contribution is 2.19. The minimum absolute atomic E-state index is 0.00407. The van der Waals surface area contributed by atoms with Crippen LogP contribution < -0.4 is 11.1 Å². The molecule has 0 radical (unpaired) electrons. The average Bonchev–Trinajstić information content (AvgIpc) is 3.16. The lowest BCUT2D eigenvalue weighted by molar-refractivity contribution is -0.150. The number of nitrogens with two attached hydrogens (primary N) is 1. The zero-order chi connectivity index (χ0) is 39.6. The fourth-order valence-corrected chi connectivity index (χ4v) is 6.30. The third kappa shape index (κ3) is 37.4. The molecule has 0 saturated heterocycles. The standard InChI is InChI=1S/C47H82N2O5/c1-3-5-7-9-11-13-14-15-16-17-18-19-20-21-22-24-26-31-35-41-46(51)54-43(37-32-28-25-23-12-10-8-6-4-2)38-33-29-27-30-34-40-45(50)49-44(47(52)53)39-36-42-48/h5,7,11,13,15-16,18-19,21-22,43-44H,3-4,6,8-10,12,14,17,20,23-42,48H2,1-2H3,(H,49,50)(H,52,53)/b7-5-,13-11-,16-15-,19-18-,22-21-. The molecule has 4 N–H and O–H groups in total. The summed E-state index contributed by atoms with van der Waals surface area (Å²) in [5, 5.41) is 11.9. The number of hydrogen-bond acceptors (Lipinski definition) is 5. The largest absolute Gasteiger partial charge is 0.480 e. The molecule has 1 amide bonds. The van der Waals surface area contributed by atoms with Crippen molar-refractivity contribution in [2.45, 2.75) is 212 Å². The first-order chi connectivity index (χ1) is 26.4. The molecule has 7 nitrogen and oxygen atoms in total. The summed E-state index contributed by atoms with van der Waals surface area (Å²) in [5.41, 5.74) is 5.48. The molecule has 0 spiro atoms. The smallest absolute Gasteiger partial charge is 0.326 e. The number of carbonyl (C=O) groups excluding carboxylic acids is 2. The average molecular weight is 755 g/mol. The highest BCUT2D eigenvalue weighted by atomic mass is 16.5. The normalized spacial score (nSPS) is 13.2. The van der Waals surface area contributed by atoms with E-state index in [0.717, 1.165) is 109 Å². The summed E-state index contributed by atoms with van der Waals surface area (Å²) in [4.78, 5) is 36.3. The SMILES string of the molecule is CC/C=C\C/C=C\C/C=C\C/C=C\C/C=C\CCCCCC(=O)OC(CCCCCCCCCCC)CCCCCCCC(=O)NC(CCCN)C(=O)O. The Balaban J connectivity index is 4.31. The zero-order valence-corrected chi connectivity index (χ0v) is 34.8. The van der Waals surface area contributed by atoms with Gasteiger partial charge >= 0.3 is 11.9 Å². The van der Waals surface area contributed by atoms with Crippen molar-refractivity contribution in [1.82, 2.24) is 5.32 Å². The Morgan fingerprint density at radius 3 is 1.54 bits per heavy atom. The van der Waals surface area contributed by atoms with Crippen LogP contribution in [0.15, 0.2) is 60.8 Å². The number of carboxylic acids is 1. The fraction of sp³-hybridized carbons (Fsp3) is 0.723. The van der Waals surface area contributed by atoms with Gasteiger partial charge in [-0.1, -0.05) is 152 Å². The summed E-state index contributed by atoms with van der Waals surface area (Å²) in [6.45, 7) is 4.82. The van der Waals surface area contributed by atoms with Crippen molar-refractivity contribution in [3.8, 4) is 0 Å². The lowest BCUT2D eigenvalue weighted by Crippen LogP contribution is -2.40. The number of amides is 1. The van der Waals surface area contributed by atoms with E-state index in [-0.39, 0.29) is 18.0 Å². The van der Waals surface area contributed by atoms with Crippen molar-refractivity contribution in [2.75, 3.05) is 6.54 Å². The molecule has 7 heteroatoms. The van der Waals surface area contributed by atoms with Gasteiger partial charge in [-0.25, -0.2) is 4.79 Å². The van der Waals surface area contributed by atoms with Crippen LogP contribution in [0.3, 0.4) is 0 Å². The molecule has 0 aliphatic heterocycles. The van der Waals surface area contributed by atoms with Crippen LogP contribution >= 0.6 is 0 Å². The highest BCUT2D eigenvalue weighted by molar-refractivity contribution is 5.83. The molecular formula is C47H82N2O5. The van der Waals surface area contributed by atoms with Gasteiger partial charge in [0.05, 0.1) is 0 Å². The van der Waals surface area contributed by atoms with Gasteiger partial charge in [0.2, 0.25) is 5.91 Å². The maximum atomic E-state index is 12.8. The van der Waals surface area contributed by atoms with Crippen LogP contribution in [0, 0.1) is 0 Å². The fourth-order valence-electron chi connectivity index (χ4n) is 6.30. The van der Waals surface area contributed by atoms with Crippen LogP contribution in [0.1, 0.15) is 200 Å². The Morgan fingerprint density at radius 1 is 0.556 bits per heavy atom. The molecule has 0 fully saturated rings. The molecule has 0 heterocycles. The molecule has 0 aromatic heterocycles.